The van der Waals surface area contributed by atoms with Crippen LogP contribution < -0.4 is 4.74 Å². The lowest BCUT2D eigenvalue weighted by Gasteiger charge is -2.13. The number of aryl methyl sites for hydroxylation is 1. The van der Waals surface area contributed by atoms with Crippen molar-refractivity contribution in [2.45, 2.75) is 39.5 Å². The first-order valence-electron chi connectivity index (χ1n) is 11.7. The van der Waals surface area contributed by atoms with E-state index in [0.717, 1.165) is 72.3 Å². The minimum absolute atomic E-state index is 0.738. The van der Waals surface area contributed by atoms with Gasteiger partial charge in [-0.05, 0) is 69.5 Å². The molecular weight excluding hydrogens is 588 g/mol. The molecule has 5 nitrogen and oxygen atoms in total. The molecule has 0 spiro atoms. The molecule has 0 aliphatic heterocycles. The second-order valence-electron chi connectivity index (χ2n) is 8.51. The van der Waals surface area contributed by atoms with Gasteiger partial charge in [0.2, 0.25) is 0 Å². The zero-order valence-corrected chi connectivity index (χ0v) is 23.5. The SMILES string of the molecule is CCCCCCOc1ccc(-c2nc3c(Br)c4nsnc4c(Br)c3nc2-c2ccc(C)cc2)cc1. The smallest absolute Gasteiger partial charge is 0.122 e. The highest BCUT2D eigenvalue weighted by molar-refractivity contribution is 9.11. The van der Waals surface area contributed by atoms with Crippen molar-refractivity contribution < 1.29 is 4.74 Å². The molecule has 0 atom stereocenters. The first-order chi connectivity index (χ1) is 17.1. The Kier molecular flexibility index (Phi) is 7.41. The second kappa shape index (κ2) is 10.7. The van der Waals surface area contributed by atoms with E-state index in [1.54, 1.807) is 0 Å². The van der Waals surface area contributed by atoms with Crippen LogP contribution in [0, 0.1) is 6.92 Å². The van der Waals surface area contributed by atoms with Crippen molar-refractivity contribution in [3.63, 3.8) is 0 Å². The quantitative estimate of drug-likeness (QED) is 0.164. The molecule has 0 unspecified atom stereocenters. The number of fused-ring (bicyclic) bond motifs is 2. The molecule has 8 heteroatoms. The Morgan fingerprint density at radius 2 is 1.26 bits per heavy atom. The predicted octanol–water partition coefficient (Wildman–Crippen LogP) is 8.76. The lowest BCUT2D eigenvalue weighted by molar-refractivity contribution is 0.305. The van der Waals surface area contributed by atoms with E-state index >= 15 is 0 Å². The van der Waals surface area contributed by atoms with Gasteiger partial charge in [-0.2, -0.15) is 8.75 Å². The molecule has 0 aliphatic carbocycles. The Hall–Kier alpha value is -2.42. The number of halogens is 2. The first kappa shape index (κ1) is 24.3. The number of ether oxygens (including phenoxy) is 1. The molecule has 0 fully saturated rings. The van der Waals surface area contributed by atoms with Crippen LogP contribution in [0.2, 0.25) is 0 Å². The molecule has 0 N–H and O–H groups in total. The highest BCUT2D eigenvalue weighted by Gasteiger charge is 2.21. The molecule has 0 saturated carbocycles. The van der Waals surface area contributed by atoms with Gasteiger partial charge >= 0.3 is 0 Å². The molecule has 35 heavy (non-hydrogen) atoms. The number of aromatic nitrogens is 4. The topological polar surface area (TPSA) is 60.8 Å². The van der Waals surface area contributed by atoms with Gasteiger partial charge in [0.1, 0.15) is 27.8 Å². The summed E-state index contributed by atoms with van der Waals surface area (Å²) in [4.78, 5) is 10.2. The van der Waals surface area contributed by atoms with Crippen LogP contribution >= 0.6 is 43.6 Å². The highest BCUT2D eigenvalue weighted by atomic mass is 79.9. The summed E-state index contributed by atoms with van der Waals surface area (Å²) in [6.07, 6.45) is 4.75. The van der Waals surface area contributed by atoms with Gasteiger partial charge in [-0.1, -0.05) is 56.0 Å². The fourth-order valence-corrected chi connectivity index (χ4v) is 5.88. The molecule has 5 aromatic rings. The molecule has 2 aromatic heterocycles. The fourth-order valence-electron chi connectivity index (χ4n) is 3.98. The van der Waals surface area contributed by atoms with Gasteiger partial charge in [-0.3, -0.25) is 0 Å². The molecule has 2 heterocycles. The van der Waals surface area contributed by atoms with E-state index in [9.17, 15) is 0 Å². The van der Waals surface area contributed by atoms with Gasteiger partial charge in [0.15, 0.2) is 0 Å². The van der Waals surface area contributed by atoms with E-state index in [-0.39, 0.29) is 0 Å². The van der Waals surface area contributed by atoms with Crippen molar-refractivity contribution in [1.82, 2.24) is 18.7 Å². The molecule has 5 rings (SSSR count). The molecule has 0 saturated heterocycles. The number of hydrogen-bond donors (Lipinski definition) is 0. The minimum Gasteiger partial charge on any atom is -0.494 e. The minimum atomic E-state index is 0.738. The van der Waals surface area contributed by atoms with E-state index < -0.39 is 0 Å². The van der Waals surface area contributed by atoms with E-state index in [1.807, 2.05) is 12.1 Å². The van der Waals surface area contributed by atoms with Crippen LogP contribution in [0.4, 0.5) is 0 Å². The molecule has 0 amide bonds. The van der Waals surface area contributed by atoms with Gasteiger partial charge < -0.3 is 4.74 Å². The third-order valence-electron chi connectivity index (χ3n) is 5.94. The van der Waals surface area contributed by atoms with Gasteiger partial charge in [0.05, 0.1) is 38.7 Å². The third kappa shape index (κ3) is 4.97. The van der Waals surface area contributed by atoms with Crippen molar-refractivity contribution in [2.75, 3.05) is 6.61 Å². The van der Waals surface area contributed by atoms with Crippen molar-refractivity contribution in [2.24, 2.45) is 0 Å². The van der Waals surface area contributed by atoms with Crippen LogP contribution in [0.15, 0.2) is 57.5 Å². The summed E-state index contributed by atoms with van der Waals surface area (Å²) >= 11 is 8.60. The Labute approximate surface area is 225 Å². The zero-order chi connectivity index (χ0) is 24.4. The number of hydrogen-bond acceptors (Lipinski definition) is 6. The molecular formula is C27H24Br2N4OS. The second-order valence-corrected chi connectivity index (χ2v) is 10.6. The summed E-state index contributed by atoms with van der Waals surface area (Å²) in [6.45, 7) is 5.04. The molecule has 0 bridgehead atoms. The van der Waals surface area contributed by atoms with Crippen LogP contribution in [0.1, 0.15) is 38.2 Å². The summed E-state index contributed by atoms with van der Waals surface area (Å²) in [6, 6.07) is 16.5. The van der Waals surface area contributed by atoms with Crippen LogP contribution in [0.3, 0.4) is 0 Å². The van der Waals surface area contributed by atoms with Gasteiger partial charge in [0, 0.05) is 11.1 Å². The van der Waals surface area contributed by atoms with Crippen LogP contribution in [0.25, 0.3) is 44.6 Å². The largest absolute Gasteiger partial charge is 0.494 e. The van der Waals surface area contributed by atoms with E-state index in [4.69, 9.17) is 14.7 Å². The summed E-state index contributed by atoms with van der Waals surface area (Å²) in [5, 5.41) is 0. The monoisotopic (exact) mass is 610 g/mol. The molecule has 178 valence electrons. The number of nitrogens with zero attached hydrogens (tertiary/aromatic N) is 4. The molecule has 0 radical (unpaired) electrons. The van der Waals surface area contributed by atoms with Crippen molar-refractivity contribution in [1.29, 1.82) is 0 Å². The van der Waals surface area contributed by atoms with Crippen molar-refractivity contribution in [3.8, 4) is 28.3 Å². The first-order valence-corrected chi connectivity index (χ1v) is 14.0. The standard InChI is InChI=1S/C27H24Br2N4OS/c1-3-4-5-6-15-34-19-13-11-18(12-14-19)23-22(17-9-7-16(2)8-10-17)30-24-20(28)26-27(33-35-32-26)21(29)25(24)31-23/h7-14H,3-6,15H2,1-2H3. The third-order valence-corrected chi connectivity index (χ3v) is 7.97. The zero-order valence-electron chi connectivity index (χ0n) is 19.5. The number of benzene rings is 3. The lowest BCUT2D eigenvalue weighted by atomic mass is 10.0. The van der Waals surface area contributed by atoms with Crippen molar-refractivity contribution >= 4 is 65.7 Å². The molecule has 0 aliphatic rings. The average Bonchev–Trinajstić information content (AvgIpc) is 3.38. The maximum Gasteiger partial charge on any atom is 0.122 e. The Bertz CT molecular complexity index is 1480. The van der Waals surface area contributed by atoms with Gasteiger partial charge in [-0.25, -0.2) is 9.97 Å². The van der Waals surface area contributed by atoms with Crippen LogP contribution in [0.5, 0.6) is 5.75 Å². The van der Waals surface area contributed by atoms with E-state index in [2.05, 4.69) is 90.9 Å². The van der Waals surface area contributed by atoms with Crippen LogP contribution in [-0.2, 0) is 0 Å². The van der Waals surface area contributed by atoms with Crippen molar-refractivity contribution in [3.05, 3.63) is 63.0 Å². The van der Waals surface area contributed by atoms with Crippen LogP contribution in [-0.4, -0.2) is 25.3 Å². The van der Waals surface area contributed by atoms with Gasteiger partial charge in [-0.15, -0.1) is 0 Å². The summed E-state index contributed by atoms with van der Waals surface area (Å²) < 4.78 is 16.5. The summed E-state index contributed by atoms with van der Waals surface area (Å²) in [5.74, 6) is 0.870. The van der Waals surface area contributed by atoms with Gasteiger partial charge in [0.25, 0.3) is 0 Å². The predicted molar refractivity (Wildman–Crippen MR) is 151 cm³/mol. The summed E-state index contributed by atoms with van der Waals surface area (Å²) in [7, 11) is 0. The molecule has 3 aromatic carbocycles. The summed E-state index contributed by atoms with van der Waals surface area (Å²) in [5.41, 5.74) is 7.89. The normalized spacial score (nSPS) is 11.4. The number of unbranched alkanes of at least 4 members (excludes halogenated alkanes) is 3. The maximum atomic E-state index is 5.95. The number of rotatable bonds is 8. The average molecular weight is 612 g/mol. The maximum absolute atomic E-state index is 5.95. The Morgan fingerprint density at radius 1 is 0.714 bits per heavy atom. The fraction of sp³-hybridized carbons (Fsp3) is 0.259. The Morgan fingerprint density at radius 3 is 1.80 bits per heavy atom. The lowest BCUT2D eigenvalue weighted by Crippen LogP contribution is -1.99. The van der Waals surface area contributed by atoms with E-state index in [0.29, 0.717) is 0 Å². The van der Waals surface area contributed by atoms with E-state index in [1.165, 1.54) is 36.6 Å². The Balaban J connectivity index is 1.60. The highest BCUT2D eigenvalue weighted by Crippen LogP contribution is 2.40.